The lowest BCUT2D eigenvalue weighted by molar-refractivity contribution is 0.0955. The predicted octanol–water partition coefficient (Wildman–Crippen LogP) is 4.11. The lowest BCUT2D eigenvalue weighted by atomic mass is 10.1. The summed E-state index contributed by atoms with van der Waals surface area (Å²) in [6.07, 6.45) is 0. The van der Waals surface area contributed by atoms with E-state index in [1.807, 2.05) is 51.1 Å². The van der Waals surface area contributed by atoms with Gasteiger partial charge in [-0.05, 0) is 44.0 Å². The van der Waals surface area contributed by atoms with E-state index in [1.54, 1.807) is 12.1 Å². The van der Waals surface area contributed by atoms with Crippen LogP contribution in [0.3, 0.4) is 0 Å². The molecule has 2 aromatic rings. The molecule has 0 atom stereocenters. The van der Waals surface area contributed by atoms with Crippen LogP contribution in [-0.4, -0.2) is 11.6 Å². The van der Waals surface area contributed by atoms with Gasteiger partial charge in [0, 0.05) is 0 Å². The number of rotatable bonds is 3. The fourth-order valence-corrected chi connectivity index (χ4v) is 2.18. The average Bonchev–Trinajstić information content (AvgIpc) is 2.45. The molecule has 0 aliphatic rings. The van der Waals surface area contributed by atoms with Crippen molar-refractivity contribution >= 4 is 23.2 Å². The molecular formula is C17H17ClN2O. The zero-order chi connectivity index (χ0) is 15.4. The molecule has 3 nitrogen and oxygen atoms in total. The molecule has 0 radical (unpaired) electrons. The number of aryl methyl sites for hydroxylation is 2. The molecule has 1 N–H and O–H groups in total. The molecule has 0 aliphatic heterocycles. The molecule has 1 amide bonds. The predicted molar refractivity (Wildman–Crippen MR) is 87.0 cm³/mol. The lowest BCUT2D eigenvalue weighted by Gasteiger charge is -2.05. The van der Waals surface area contributed by atoms with Crippen molar-refractivity contribution < 1.29 is 4.79 Å². The zero-order valence-corrected chi connectivity index (χ0v) is 13.0. The van der Waals surface area contributed by atoms with Crippen LogP contribution in [0.25, 0.3) is 0 Å². The number of nitrogens with zero attached hydrogens (tertiary/aromatic N) is 1. The van der Waals surface area contributed by atoms with Gasteiger partial charge in [0.25, 0.3) is 5.91 Å². The second kappa shape index (κ2) is 6.55. The van der Waals surface area contributed by atoms with Gasteiger partial charge in [-0.1, -0.05) is 47.5 Å². The van der Waals surface area contributed by atoms with Gasteiger partial charge in [0.05, 0.1) is 16.3 Å². The van der Waals surface area contributed by atoms with E-state index in [1.165, 1.54) is 5.56 Å². The number of hydrogen-bond donors (Lipinski definition) is 1. The summed E-state index contributed by atoms with van der Waals surface area (Å²) >= 11 is 6.06. The number of carbonyl (C=O) groups is 1. The Kier molecular flexibility index (Phi) is 4.76. The maximum atomic E-state index is 12.1. The van der Waals surface area contributed by atoms with Gasteiger partial charge in [-0.15, -0.1) is 0 Å². The van der Waals surface area contributed by atoms with Crippen LogP contribution in [0.4, 0.5) is 0 Å². The second-order valence-corrected chi connectivity index (χ2v) is 5.39. The third-order valence-electron chi connectivity index (χ3n) is 3.16. The molecule has 4 heteroatoms. The van der Waals surface area contributed by atoms with Crippen LogP contribution in [0.5, 0.6) is 0 Å². The molecule has 2 rings (SSSR count). The first kappa shape index (κ1) is 15.3. The number of hydrogen-bond acceptors (Lipinski definition) is 2. The Bertz CT molecular complexity index is 690. The fourth-order valence-electron chi connectivity index (χ4n) is 1.86. The first-order valence-corrected chi connectivity index (χ1v) is 7.03. The standard InChI is InChI=1S/C17H17ClN2O/c1-11-4-7-14(8-5-11)13(3)19-20-17(21)15-9-6-12(2)10-16(15)18/h4-10H,1-3H3,(H,20,21). The molecule has 0 saturated heterocycles. The Balaban J connectivity index is 2.12. The van der Waals surface area contributed by atoms with Crippen LogP contribution >= 0.6 is 11.6 Å². The highest BCUT2D eigenvalue weighted by molar-refractivity contribution is 6.33. The fraction of sp³-hybridized carbons (Fsp3) is 0.176. The average molecular weight is 301 g/mol. The van der Waals surface area contributed by atoms with Crippen LogP contribution in [-0.2, 0) is 0 Å². The summed E-state index contributed by atoms with van der Waals surface area (Å²) < 4.78 is 0. The molecule has 21 heavy (non-hydrogen) atoms. The maximum absolute atomic E-state index is 12.1. The van der Waals surface area contributed by atoms with Gasteiger partial charge in [-0.2, -0.15) is 5.10 Å². The van der Waals surface area contributed by atoms with Gasteiger partial charge in [0.15, 0.2) is 0 Å². The van der Waals surface area contributed by atoms with Gasteiger partial charge < -0.3 is 0 Å². The number of nitrogens with one attached hydrogen (secondary N) is 1. The van der Waals surface area contributed by atoms with E-state index in [9.17, 15) is 4.79 Å². The summed E-state index contributed by atoms with van der Waals surface area (Å²) in [5, 5.41) is 4.55. The Morgan fingerprint density at radius 3 is 2.29 bits per heavy atom. The second-order valence-electron chi connectivity index (χ2n) is 4.99. The first-order chi connectivity index (χ1) is 9.97. The number of amides is 1. The van der Waals surface area contributed by atoms with Gasteiger partial charge in [0.1, 0.15) is 0 Å². The van der Waals surface area contributed by atoms with Crippen molar-refractivity contribution in [3.05, 3.63) is 69.7 Å². The van der Waals surface area contributed by atoms with Crippen molar-refractivity contribution in [1.82, 2.24) is 5.43 Å². The summed E-state index contributed by atoms with van der Waals surface area (Å²) in [4.78, 5) is 12.1. The number of carbonyl (C=O) groups excluding carboxylic acids is 1. The van der Waals surface area contributed by atoms with Gasteiger partial charge in [0.2, 0.25) is 0 Å². The van der Waals surface area contributed by atoms with E-state index in [0.29, 0.717) is 10.6 Å². The highest BCUT2D eigenvalue weighted by atomic mass is 35.5. The number of halogens is 1. The monoisotopic (exact) mass is 300 g/mol. The summed E-state index contributed by atoms with van der Waals surface area (Å²) in [7, 11) is 0. The molecule has 0 bridgehead atoms. The van der Waals surface area contributed by atoms with E-state index in [-0.39, 0.29) is 5.91 Å². The molecule has 0 spiro atoms. The topological polar surface area (TPSA) is 41.5 Å². The van der Waals surface area contributed by atoms with Crippen LogP contribution in [0.15, 0.2) is 47.6 Å². The van der Waals surface area contributed by atoms with Crippen LogP contribution in [0.2, 0.25) is 5.02 Å². The largest absolute Gasteiger partial charge is 0.272 e. The van der Waals surface area contributed by atoms with E-state index in [0.717, 1.165) is 16.8 Å². The number of hydrazone groups is 1. The third kappa shape index (κ3) is 3.92. The minimum atomic E-state index is -0.313. The first-order valence-electron chi connectivity index (χ1n) is 6.65. The van der Waals surface area contributed by atoms with Crippen molar-refractivity contribution in [3.8, 4) is 0 Å². The van der Waals surface area contributed by atoms with Crippen molar-refractivity contribution in [3.63, 3.8) is 0 Å². The zero-order valence-electron chi connectivity index (χ0n) is 12.3. The Morgan fingerprint density at radius 2 is 1.67 bits per heavy atom. The van der Waals surface area contributed by atoms with Crippen LogP contribution in [0.1, 0.15) is 34.0 Å². The smallest absolute Gasteiger partial charge is 0.267 e. The van der Waals surface area contributed by atoms with Gasteiger partial charge in [-0.25, -0.2) is 5.43 Å². The van der Waals surface area contributed by atoms with Crippen LogP contribution < -0.4 is 5.43 Å². The molecule has 0 saturated carbocycles. The Hall–Kier alpha value is -2.13. The summed E-state index contributed by atoms with van der Waals surface area (Å²) in [5.41, 5.74) is 6.86. The Morgan fingerprint density at radius 1 is 1.05 bits per heavy atom. The molecule has 0 fully saturated rings. The molecule has 0 heterocycles. The summed E-state index contributed by atoms with van der Waals surface area (Å²) in [5.74, 6) is -0.313. The quantitative estimate of drug-likeness (QED) is 0.672. The molecule has 0 unspecified atom stereocenters. The lowest BCUT2D eigenvalue weighted by Crippen LogP contribution is -2.19. The van der Waals surface area contributed by atoms with E-state index < -0.39 is 0 Å². The van der Waals surface area contributed by atoms with E-state index >= 15 is 0 Å². The number of benzene rings is 2. The Labute approximate surface area is 129 Å². The normalized spacial score (nSPS) is 11.3. The van der Waals surface area contributed by atoms with Gasteiger partial charge >= 0.3 is 0 Å². The van der Waals surface area contributed by atoms with E-state index in [2.05, 4.69) is 10.5 Å². The summed E-state index contributed by atoms with van der Waals surface area (Å²) in [6, 6.07) is 13.3. The van der Waals surface area contributed by atoms with Crippen molar-refractivity contribution in [1.29, 1.82) is 0 Å². The van der Waals surface area contributed by atoms with Crippen molar-refractivity contribution in [2.24, 2.45) is 5.10 Å². The highest BCUT2D eigenvalue weighted by Crippen LogP contribution is 2.17. The van der Waals surface area contributed by atoms with Crippen LogP contribution in [0, 0.1) is 13.8 Å². The highest BCUT2D eigenvalue weighted by Gasteiger charge is 2.09. The van der Waals surface area contributed by atoms with Crippen molar-refractivity contribution in [2.45, 2.75) is 20.8 Å². The van der Waals surface area contributed by atoms with Gasteiger partial charge in [-0.3, -0.25) is 4.79 Å². The third-order valence-corrected chi connectivity index (χ3v) is 3.48. The summed E-state index contributed by atoms with van der Waals surface area (Å²) in [6.45, 7) is 5.80. The molecule has 0 aliphatic carbocycles. The molecule has 0 aromatic heterocycles. The molecule has 2 aromatic carbocycles. The minimum Gasteiger partial charge on any atom is -0.267 e. The molecule has 108 valence electrons. The van der Waals surface area contributed by atoms with E-state index in [4.69, 9.17) is 11.6 Å². The maximum Gasteiger partial charge on any atom is 0.272 e. The minimum absolute atomic E-state index is 0.313. The van der Waals surface area contributed by atoms with Crippen molar-refractivity contribution in [2.75, 3.05) is 0 Å². The molecular weight excluding hydrogens is 284 g/mol. The SMILES string of the molecule is CC(=NNC(=O)c1ccc(C)cc1Cl)c1ccc(C)cc1.